The highest BCUT2D eigenvalue weighted by molar-refractivity contribution is 5.80. The highest BCUT2D eigenvalue weighted by Crippen LogP contribution is 2.31. The van der Waals surface area contributed by atoms with Crippen molar-refractivity contribution in [3.05, 3.63) is 54.7 Å². The van der Waals surface area contributed by atoms with Gasteiger partial charge in [0, 0.05) is 17.8 Å². The Labute approximate surface area is 105 Å². The molecule has 0 fully saturated rings. The molecule has 3 aromatic rings. The first-order valence-corrected chi connectivity index (χ1v) is 5.75. The summed E-state index contributed by atoms with van der Waals surface area (Å²) in [6, 6.07) is 15.6. The Hall–Kier alpha value is -2.42. The van der Waals surface area contributed by atoms with Crippen LogP contribution in [0.5, 0.6) is 17.2 Å². The fourth-order valence-corrected chi connectivity index (χ4v) is 1.92. The van der Waals surface area contributed by atoms with E-state index in [4.69, 9.17) is 9.47 Å². The van der Waals surface area contributed by atoms with E-state index >= 15 is 0 Å². The molecular formula is C15H13NO2. The van der Waals surface area contributed by atoms with Crippen LogP contribution in [0.2, 0.25) is 0 Å². The average molecular weight is 239 g/mol. The molecule has 90 valence electrons. The highest BCUT2D eigenvalue weighted by Gasteiger charge is 2.05. The lowest BCUT2D eigenvalue weighted by molar-refractivity contribution is 0.379. The first-order valence-electron chi connectivity index (χ1n) is 5.75. The van der Waals surface area contributed by atoms with Crippen molar-refractivity contribution in [1.29, 1.82) is 0 Å². The number of hydrogen-bond acceptors (Lipinski definition) is 2. The Morgan fingerprint density at radius 2 is 1.78 bits per heavy atom. The molecular weight excluding hydrogens is 226 g/mol. The number of fused-ring (bicyclic) bond motifs is 1. The van der Waals surface area contributed by atoms with Crippen molar-refractivity contribution in [1.82, 2.24) is 4.98 Å². The van der Waals surface area contributed by atoms with E-state index in [0.29, 0.717) is 5.75 Å². The van der Waals surface area contributed by atoms with Gasteiger partial charge in [-0.15, -0.1) is 0 Å². The van der Waals surface area contributed by atoms with Crippen molar-refractivity contribution in [2.24, 2.45) is 0 Å². The number of aromatic amines is 1. The Morgan fingerprint density at radius 1 is 0.944 bits per heavy atom. The van der Waals surface area contributed by atoms with Crippen LogP contribution in [0, 0.1) is 0 Å². The summed E-state index contributed by atoms with van der Waals surface area (Å²) in [7, 11) is 1.64. The zero-order chi connectivity index (χ0) is 12.4. The lowest BCUT2D eigenvalue weighted by atomic mass is 10.2. The van der Waals surface area contributed by atoms with Gasteiger partial charge in [-0.05, 0) is 35.7 Å². The number of hydrogen-bond donors (Lipinski definition) is 1. The smallest absolute Gasteiger partial charge is 0.169 e. The molecule has 3 heteroatoms. The molecule has 0 saturated carbocycles. The molecule has 0 bridgehead atoms. The van der Waals surface area contributed by atoms with Crippen LogP contribution in [0.15, 0.2) is 54.7 Å². The second-order valence-electron chi connectivity index (χ2n) is 3.98. The lowest BCUT2D eigenvalue weighted by Crippen LogP contribution is -1.89. The third-order valence-electron chi connectivity index (χ3n) is 2.82. The number of methoxy groups -OCH3 is 1. The molecule has 0 aliphatic heterocycles. The minimum atomic E-state index is 0.714. The van der Waals surface area contributed by atoms with Crippen LogP contribution in [0.1, 0.15) is 0 Å². The van der Waals surface area contributed by atoms with Crippen molar-refractivity contribution in [3.8, 4) is 17.2 Å². The van der Waals surface area contributed by atoms with E-state index in [9.17, 15) is 0 Å². The van der Waals surface area contributed by atoms with E-state index in [1.165, 1.54) is 5.39 Å². The quantitative estimate of drug-likeness (QED) is 0.750. The maximum absolute atomic E-state index is 5.83. The molecule has 1 N–H and O–H groups in total. The molecule has 0 radical (unpaired) electrons. The Morgan fingerprint density at radius 3 is 2.61 bits per heavy atom. The van der Waals surface area contributed by atoms with Crippen molar-refractivity contribution >= 4 is 10.9 Å². The molecule has 0 aliphatic carbocycles. The number of benzene rings is 2. The van der Waals surface area contributed by atoms with Crippen molar-refractivity contribution in [2.45, 2.75) is 0 Å². The summed E-state index contributed by atoms with van der Waals surface area (Å²) in [6.45, 7) is 0. The summed E-state index contributed by atoms with van der Waals surface area (Å²) in [4.78, 5) is 3.16. The predicted molar refractivity (Wildman–Crippen MR) is 71.4 cm³/mol. The Balaban J connectivity index is 1.95. The zero-order valence-corrected chi connectivity index (χ0v) is 10.0. The van der Waals surface area contributed by atoms with Crippen LogP contribution < -0.4 is 9.47 Å². The summed E-state index contributed by atoms with van der Waals surface area (Å²) in [5, 5.41) is 1.17. The van der Waals surface area contributed by atoms with E-state index in [2.05, 4.69) is 4.98 Å². The zero-order valence-electron chi connectivity index (χ0n) is 10.0. The number of aromatic nitrogens is 1. The molecule has 0 spiro atoms. The molecule has 0 aliphatic rings. The van der Waals surface area contributed by atoms with Crippen molar-refractivity contribution in [3.63, 3.8) is 0 Å². The summed E-state index contributed by atoms with van der Waals surface area (Å²) in [6.07, 6.45) is 1.91. The van der Waals surface area contributed by atoms with Gasteiger partial charge in [0.15, 0.2) is 11.5 Å². The van der Waals surface area contributed by atoms with Gasteiger partial charge in [0.1, 0.15) is 5.75 Å². The number of nitrogens with one attached hydrogen (secondary N) is 1. The van der Waals surface area contributed by atoms with Gasteiger partial charge in [-0.1, -0.05) is 12.1 Å². The second-order valence-corrected chi connectivity index (χ2v) is 3.98. The molecule has 0 amide bonds. The van der Waals surface area contributed by atoms with E-state index in [1.807, 2.05) is 54.7 Å². The van der Waals surface area contributed by atoms with Crippen LogP contribution in [-0.4, -0.2) is 12.1 Å². The molecule has 1 aromatic heterocycles. The van der Waals surface area contributed by atoms with Crippen molar-refractivity contribution in [2.75, 3.05) is 7.11 Å². The van der Waals surface area contributed by atoms with Crippen LogP contribution in [0.3, 0.4) is 0 Å². The molecule has 3 rings (SSSR count). The fraction of sp³-hybridized carbons (Fsp3) is 0.0667. The third-order valence-corrected chi connectivity index (χ3v) is 2.82. The Bertz CT molecular complexity index is 673. The fourth-order valence-electron chi connectivity index (χ4n) is 1.92. The van der Waals surface area contributed by atoms with Crippen molar-refractivity contribution < 1.29 is 9.47 Å². The average Bonchev–Trinajstić information content (AvgIpc) is 2.87. The molecule has 18 heavy (non-hydrogen) atoms. The maximum atomic E-state index is 5.83. The highest BCUT2D eigenvalue weighted by atomic mass is 16.5. The summed E-state index contributed by atoms with van der Waals surface area (Å²) in [5.74, 6) is 2.23. The van der Waals surface area contributed by atoms with Gasteiger partial charge < -0.3 is 14.5 Å². The number of H-pyrrole nitrogens is 1. The second kappa shape index (κ2) is 4.45. The van der Waals surface area contributed by atoms with E-state index in [-0.39, 0.29) is 0 Å². The van der Waals surface area contributed by atoms with Gasteiger partial charge in [0.25, 0.3) is 0 Å². The molecule has 1 heterocycles. The van der Waals surface area contributed by atoms with Gasteiger partial charge in [-0.3, -0.25) is 0 Å². The van der Waals surface area contributed by atoms with E-state index < -0.39 is 0 Å². The molecule has 0 saturated heterocycles. The minimum absolute atomic E-state index is 0.714. The first kappa shape index (κ1) is 10.7. The maximum Gasteiger partial charge on any atom is 0.169 e. The van der Waals surface area contributed by atoms with Gasteiger partial charge in [0.05, 0.1) is 7.11 Å². The van der Waals surface area contributed by atoms with E-state index in [1.54, 1.807) is 7.11 Å². The summed E-state index contributed by atoms with van der Waals surface area (Å²) < 4.78 is 11.1. The van der Waals surface area contributed by atoms with Gasteiger partial charge in [0.2, 0.25) is 0 Å². The predicted octanol–water partition coefficient (Wildman–Crippen LogP) is 3.97. The number of para-hydroxylation sites is 2. The van der Waals surface area contributed by atoms with Crippen LogP contribution in [0.4, 0.5) is 0 Å². The molecule has 0 atom stereocenters. The summed E-state index contributed by atoms with van der Waals surface area (Å²) in [5.41, 5.74) is 1.06. The van der Waals surface area contributed by atoms with Crippen LogP contribution in [-0.2, 0) is 0 Å². The minimum Gasteiger partial charge on any atom is -0.493 e. The normalized spacial score (nSPS) is 10.5. The molecule has 3 nitrogen and oxygen atoms in total. The van der Waals surface area contributed by atoms with E-state index in [0.717, 1.165) is 17.0 Å². The molecule has 2 aromatic carbocycles. The van der Waals surface area contributed by atoms with Crippen LogP contribution >= 0.6 is 0 Å². The van der Waals surface area contributed by atoms with Gasteiger partial charge >= 0.3 is 0 Å². The molecule has 0 unspecified atom stereocenters. The number of rotatable bonds is 3. The lowest BCUT2D eigenvalue weighted by Gasteiger charge is -2.09. The SMILES string of the molecule is COc1ccccc1Oc1ccc2cc[nH]c2c1. The topological polar surface area (TPSA) is 34.2 Å². The monoisotopic (exact) mass is 239 g/mol. The third kappa shape index (κ3) is 1.91. The largest absolute Gasteiger partial charge is 0.493 e. The first-order chi connectivity index (χ1) is 8.86. The van der Waals surface area contributed by atoms with Gasteiger partial charge in [-0.25, -0.2) is 0 Å². The Kier molecular flexibility index (Phi) is 2.65. The standard InChI is InChI=1S/C15H13NO2/c1-17-14-4-2-3-5-15(14)18-12-7-6-11-8-9-16-13(11)10-12/h2-10,16H,1H3. The van der Waals surface area contributed by atoms with Crippen LogP contribution in [0.25, 0.3) is 10.9 Å². The summed E-state index contributed by atoms with van der Waals surface area (Å²) >= 11 is 0. The number of ether oxygens (including phenoxy) is 2. The van der Waals surface area contributed by atoms with Gasteiger partial charge in [-0.2, -0.15) is 0 Å².